The van der Waals surface area contributed by atoms with E-state index in [4.69, 9.17) is 6.42 Å². The van der Waals surface area contributed by atoms with E-state index in [0.717, 1.165) is 11.5 Å². The molecule has 0 atom stereocenters. The number of hydrogen-bond donors (Lipinski definition) is 0. The number of carbonyl (C=O) groups is 1. The Morgan fingerprint density at radius 1 is 1.24 bits per heavy atom. The molecule has 86 valence electrons. The van der Waals surface area contributed by atoms with E-state index in [9.17, 15) is 4.79 Å². The predicted octanol–water partition coefficient (Wildman–Crippen LogP) is 3.71. The van der Waals surface area contributed by atoms with Crippen molar-refractivity contribution in [1.82, 2.24) is 0 Å². The Hall–Kier alpha value is -1.81. The molecular formula is C16H16O. The number of carbonyl (C=O) groups excluding carboxylic acids is 1. The Kier molecular flexibility index (Phi) is 3.77. The van der Waals surface area contributed by atoms with Gasteiger partial charge in [-0.25, -0.2) is 0 Å². The first-order valence-corrected chi connectivity index (χ1v) is 6.09. The Balaban J connectivity index is 2.03. The lowest BCUT2D eigenvalue weighted by Crippen LogP contribution is -1.93. The summed E-state index contributed by atoms with van der Waals surface area (Å²) in [5.74, 6) is 2.61. The molecule has 1 aromatic rings. The first kappa shape index (κ1) is 11.7. The Morgan fingerprint density at radius 2 is 1.88 bits per heavy atom. The fraction of sp³-hybridized carbons (Fsp3) is 0.312. The summed E-state index contributed by atoms with van der Waals surface area (Å²) in [6, 6.07) is 7.46. The van der Waals surface area contributed by atoms with Crippen LogP contribution in [0.4, 0.5) is 0 Å². The molecule has 1 saturated carbocycles. The number of allylic oxidation sites excluding steroid dienone is 1. The van der Waals surface area contributed by atoms with E-state index in [1.165, 1.54) is 25.7 Å². The van der Waals surface area contributed by atoms with Gasteiger partial charge in [0.2, 0.25) is 5.78 Å². The van der Waals surface area contributed by atoms with Crippen molar-refractivity contribution in [3.63, 3.8) is 0 Å². The van der Waals surface area contributed by atoms with Gasteiger partial charge in [-0.05, 0) is 42.4 Å². The van der Waals surface area contributed by atoms with Crippen LogP contribution >= 0.6 is 0 Å². The van der Waals surface area contributed by atoms with Gasteiger partial charge in [0.05, 0.1) is 0 Å². The molecule has 0 unspecified atom stereocenters. The minimum absolute atomic E-state index is 0.253. The highest BCUT2D eigenvalue weighted by molar-refractivity contribution is 6.08. The first-order chi connectivity index (χ1) is 8.29. The number of rotatable bonds is 3. The van der Waals surface area contributed by atoms with Crippen LogP contribution in [0.5, 0.6) is 0 Å². The second-order valence-corrected chi connectivity index (χ2v) is 4.50. The summed E-state index contributed by atoms with van der Waals surface area (Å²) in [5.41, 5.74) is 1.72. The van der Waals surface area contributed by atoms with Gasteiger partial charge in [-0.15, -0.1) is 6.42 Å². The SMILES string of the molecule is C#CC(=O)c1ccc(C=CC2CCCC2)cc1. The summed E-state index contributed by atoms with van der Waals surface area (Å²) in [4.78, 5) is 11.2. The summed E-state index contributed by atoms with van der Waals surface area (Å²) in [6.07, 6.45) is 14.8. The molecule has 0 spiro atoms. The van der Waals surface area contributed by atoms with Crippen LogP contribution in [0, 0.1) is 18.3 Å². The molecule has 0 bridgehead atoms. The third kappa shape index (κ3) is 3.07. The average molecular weight is 224 g/mol. The van der Waals surface area contributed by atoms with Gasteiger partial charge in [0.25, 0.3) is 0 Å². The molecule has 1 fully saturated rings. The topological polar surface area (TPSA) is 17.1 Å². The lowest BCUT2D eigenvalue weighted by Gasteiger charge is -2.00. The van der Waals surface area contributed by atoms with E-state index < -0.39 is 0 Å². The number of hydrogen-bond acceptors (Lipinski definition) is 1. The van der Waals surface area contributed by atoms with Crippen LogP contribution in [0.2, 0.25) is 0 Å². The van der Waals surface area contributed by atoms with E-state index in [1.54, 1.807) is 12.1 Å². The summed E-state index contributed by atoms with van der Waals surface area (Å²) >= 11 is 0. The van der Waals surface area contributed by atoms with Crippen molar-refractivity contribution in [1.29, 1.82) is 0 Å². The molecule has 0 N–H and O–H groups in total. The van der Waals surface area contributed by atoms with Gasteiger partial charge in [-0.2, -0.15) is 0 Å². The number of ketones is 1. The van der Waals surface area contributed by atoms with Crippen LogP contribution in [0.25, 0.3) is 6.08 Å². The van der Waals surface area contributed by atoms with Crippen LogP contribution in [0.3, 0.4) is 0 Å². The van der Waals surface area contributed by atoms with Gasteiger partial charge >= 0.3 is 0 Å². The lowest BCUT2D eigenvalue weighted by molar-refractivity contribution is 0.105. The monoisotopic (exact) mass is 224 g/mol. The molecule has 1 aliphatic rings. The lowest BCUT2D eigenvalue weighted by atomic mass is 10.0. The summed E-state index contributed by atoms with van der Waals surface area (Å²) in [5, 5.41) is 0. The highest BCUT2D eigenvalue weighted by Gasteiger charge is 2.10. The van der Waals surface area contributed by atoms with Gasteiger partial charge in [0, 0.05) is 5.56 Å². The largest absolute Gasteiger partial charge is 0.279 e. The number of Topliss-reactive ketones (excluding diaryl/α,β-unsaturated/α-hetero) is 1. The molecule has 0 saturated heterocycles. The van der Waals surface area contributed by atoms with E-state index in [1.807, 2.05) is 12.1 Å². The molecular weight excluding hydrogens is 208 g/mol. The van der Waals surface area contributed by atoms with Gasteiger partial charge in [0.15, 0.2) is 0 Å². The van der Waals surface area contributed by atoms with Crippen LogP contribution in [-0.2, 0) is 0 Å². The van der Waals surface area contributed by atoms with Crippen molar-refractivity contribution in [3.8, 4) is 12.3 Å². The van der Waals surface area contributed by atoms with Gasteiger partial charge in [0.1, 0.15) is 0 Å². The summed E-state index contributed by atoms with van der Waals surface area (Å²) in [6.45, 7) is 0. The molecule has 1 heteroatoms. The second-order valence-electron chi connectivity index (χ2n) is 4.50. The maximum Gasteiger partial charge on any atom is 0.235 e. The maximum absolute atomic E-state index is 11.2. The summed E-state index contributed by atoms with van der Waals surface area (Å²) < 4.78 is 0. The summed E-state index contributed by atoms with van der Waals surface area (Å²) in [7, 11) is 0. The minimum atomic E-state index is -0.253. The smallest absolute Gasteiger partial charge is 0.235 e. The van der Waals surface area contributed by atoms with Crippen molar-refractivity contribution < 1.29 is 4.79 Å². The van der Waals surface area contributed by atoms with E-state index in [0.29, 0.717) is 5.56 Å². The fourth-order valence-corrected chi connectivity index (χ4v) is 2.23. The maximum atomic E-state index is 11.2. The molecule has 1 nitrogen and oxygen atoms in total. The van der Waals surface area contributed by atoms with Crippen molar-refractivity contribution in [2.45, 2.75) is 25.7 Å². The van der Waals surface area contributed by atoms with Crippen molar-refractivity contribution in [3.05, 3.63) is 41.5 Å². The first-order valence-electron chi connectivity index (χ1n) is 6.09. The van der Waals surface area contributed by atoms with E-state index in [2.05, 4.69) is 18.1 Å². The van der Waals surface area contributed by atoms with Crippen molar-refractivity contribution >= 4 is 11.9 Å². The zero-order valence-electron chi connectivity index (χ0n) is 9.86. The highest BCUT2D eigenvalue weighted by atomic mass is 16.1. The third-order valence-corrected chi connectivity index (χ3v) is 3.26. The Morgan fingerprint density at radius 3 is 2.47 bits per heavy atom. The van der Waals surface area contributed by atoms with Gasteiger partial charge in [-0.3, -0.25) is 4.79 Å². The Labute approximate surface area is 103 Å². The van der Waals surface area contributed by atoms with Crippen LogP contribution < -0.4 is 0 Å². The molecule has 0 aliphatic heterocycles. The Bertz CT molecular complexity index is 453. The average Bonchev–Trinajstić information content (AvgIpc) is 2.89. The fourth-order valence-electron chi connectivity index (χ4n) is 2.23. The zero-order valence-corrected chi connectivity index (χ0v) is 9.86. The van der Waals surface area contributed by atoms with Crippen LogP contribution in [0.15, 0.2) is 30.3 Å². The normalized spacial score (nSPS) is 16.2. The predicted molar refractivity (Wildman–Crippen MR) is 70.6 cm³/mol. The quantitative estimate of drug-likeness (QED) is 0.434. The second kappa shape index (κ2) is 5.50. The molecule has 1 aliphatic carbocycles. The number of benzene rings is 1. The molecule has 1 aromatic carbocycles. The van der Waals surface area contributed by atoms with Crippen LogP contribution in [0.1, 0.15) is 41.6 Å². The zero-order chi connectivity index (χ0) is 12.1. The molecule has 0 radical (unpaired) electrons. The van der Waals surface area contributed by atoms with Gasteiger partial charge in [-0.1, -0.05) is 37.1 Å². The highest BCUT2D eigenvalue weighted by Crippen LogP contribution is 2.26. The van der Waals surface area contributed by atoms with E-state index >= 15 is 0 Å². The van der Waals surface area contributed by atoms with Crippen molar-refractivity contribution in [2.24, 2.45) is 5.92 Å². The molecule has 2 rings (SSSR count). The van der Waals surface area contributed by atoms with Gasteiger partial charge < -0.3 is 0 Å². The third-order valence-electron chi connectivity index (χ3n) is 3.26. The molecule has 0 heterocycles. The van der Waals surface area contributed by atoms with Crippen LogP contribution in [-0.4, -0.2) is 5.78 Å². The van der Waals surface area contributed by atoms with Crippen molar-refractivity contribution in [2.75, 3.05) is 0 Å². The standard InChI is InChI=1S/C16H16O/c1-2-16(17)15-11-9-14(10-12-15)8-7-13-5-3-4-6-13/h1,7-13H,3-6H2. The molecule has 0 amide bonds. The molecule has 17 heavy (non-hydrogen) atoms. The number of terminal acetylenes is 1. The minimum Gasteiger partial charge on any atom is -0.279 e. The van der Waals surface area contributed by atoms with E-state index in [-0.39, 0.29) is 5.78 Å². The molecule has 0 aromatic heterocycles.